The topological polar surface area (TPSA) is 72.5 Å². The Kier molecular flexibility index (Phi) is 27.0. The summed E-state index contributed by atoms with van der Waals surface area (Å²) >= 11 is 2.42. The van der Waals surface area contributed by atoms with Crippen LogP contribution >= 0.6 is 22.6 Å². The molecule has 0 amide bonds. The van der Waals surface area contributed by atoms with Crippen LogP contribution in [0.4, 0.5) is 0 Å². The van der Waals surface area contributed by atoms with Gasteiger partial charge in [-0.15, -0.1) is 0 Å². The largest absolute Gasteiger partial charge is 0.463 e. The molecule has 8 heteroatoms. The van der Waals surface area contributed by atoms with Crippen LogP contribution in [-0.4, -0.2) is 83.1 Å². The zero-order valence-corrected chi connectivity index (χ0v) is 21.0. The van der Waals surface area contributed by atoms with Crippen LogP contribution in [0.3, 0.4) is 0 Å². The molecule has 0 saturated carbocycles. The van der Waals surface area contributed by atoms with Gasteiger partial charge in [0.05, 0.1) is 59.5 Å². The van der Waals surface area contributed by atoms with Crippen molar-refractivity contribution < 1.29 is 33.2 Å². The fraction of sp³-hybridized carbons (Fsp3) is 0.955. The minimum atomic E-state index is -0.144. The van der Waals surface area contributed by atoms with Gasteiger partial charge in [-0.3, -0.25) is 4.79 Å². The van der Waals surface area contributed by atoms with Gasteiger partial charge in [-0.05, 0) is 23.7 Å². The van der Waals surface area contributed by atoms with E-state index in [2.05, 4.69) is 29.5 Å². The maximum absolute atomic E-state index is 11.4. The highest BCUT2D eigenvalue weighted by Gasteiger charge is 2.01. The van der Waals surface area contributed by atoms with E-state index in [0.29, 0.717) is 72.5 Å². The number of ether oxygens (including phenoxy) is 6. The molecule has 0 aliphatic carbocycles. The van der Waals surface area contributed by atoms with Gasteiger partial charge in [0.25, 0.3) is 0 Å². The number of esters is 1. The minimum absolute atomic E-state index is 0.144. The Hall–Kier alpha value is -0.000000000000000222. The highest BCUT2D eigenvalue weighted by atomic mass is 127. The molecule has 0 aromatic carbocycles. The number of rotatable bonds is 25. The summed E-state index contributed by atoms with van der Waals surface area (Å²) in [6.07, 6.45) is 8.55. The van der Waals surface area contributed by atoms with Crippen molar-refractivity contribution in [2.75, 3.05) is 77.1 Å². The van der Waals surface area contributed by atoms with E-state index in [0.717, 1.165) is 32.3 Å². The first-order valence-corrected chi connectivity index (χ1v) is 12.9. The molecule has 0 N–H and O–H groups in total. The second-order valence-electron chi connectivity index (χ2n) is 6.84. The molecule has 0 unspecified atom stereocenters. The molecule has 0 rings (SSSR count). The van der Waals surface area contributed by atoms with Gasteiger partial charge in [-0.25, -0.2) is 0 Å². The van der Waals surface area contributed by atoms with E-state index in [4.69, 9.17) is 28.4 Å². The fourth-order valence-corrected chi connectivity index (χ4v) is 2.98. The van der Waals surface area contributed by atoms with Crippen LogP contribution in [-0.2, 0) is 33.2 Å². The number of halogens is 1. The third kappa shape index (κ3) is 26.0. The monoisotopic (exact) mass is 546 g/mol. The predicted octanol–water partition coefficient (Wildman–Crippen LogP) is 4.19. The molecule has 0 aromatic rings. The summed E-state index contributed by atoms with van der Waals surface area (Å²) in [6, 6.07) is 0. The molecule has 0 radical (unpaired) electrons. The Morgan fingerprint density at radius 3 is 1.53 bits per heavy atom. The molecule has 0 heterocycles. The van der Waals surface area contributed by atoms with E-state index >= 15 is 0 Å². The number of unbranched alkanes of at least 4 members (excludes halogenated alkanes) is 5. The van der Waals surface area contributed by atoms with E-state index in [9.17, 15) is 4.79 Å². The van der Waals surface area contributed by atoms with Gasteiger partial charge in [0.2, 0.25) is 0 Å². The van der Waals surface area contributed by atoms with Crippen LogP contribution < -0.4 is 0 Å². The Morgan fingerprint density at radius 1 is 0.567 bits per heavy atom. The summed E-state index contributed by atoms with van der Waals surface area (Å²) in [5, 5.41) is 0. The molecule has 0 bridgehead atoms. The van der Waals surface area contributed by atoms with E-state index in [1.165, 1.54) is 23.7 Å². The van der Waals surface area contributed by atoms with Crippen molar-refractivity contribution in [3.63, 3.8) is 0 Å². The molecular weight excluding hydrogens is 503 g/mol. The van der Waals surface area contributed by atoms with E-state index < -0.39 is 0 Å². The highest BCUT2D eigenvalue weighted by Crippen LogP contribution is 2.02. The number of carbonyl (C=O) groups is 1. The molecule has 0 fully saturated rings. The van der Waals surface area contributed by atoms with Crippen molar-refractivity contribution in [1.82, 2.24) is 0 Å². The van der Waals surface area contributed by atoms with Gasteiger partial charge in [-0.1, -0.05) is 55.2 Å². The SMILES string of the molecule is CCCCCC(=O)OCCOCCOCCOCCOCCOCCCCCCI. The van der Waals surface area contributed by atoms with Crippen molar-refractivity contribution in [2.24, 2.45) is 0 Å². The summed E-state index contributed by atoms with van der Waals surface area (Å²) in [5.41, 5.74) is 0. The first-order chi connectivity index (χ1) is 14.8. The number of hydrogen-bond donors (Lipinski definition) is 0. The number of hydrogen-bond acceptors (Lipinski definition) is 7. The van der Waals surface area contributed by atoms with Crippen molar-refractivity contribution in [2.45, 2.75) is 58.3 Å². The highest BCUT2D eigenvalue weighted by molar-refractivity contribution is 14.1. The van der Waals surface area contributed by atoms with Crippen molar-refractivity contribution in [3.8, 4) is 0 Å². The molecule has 0 spiro atoms. The zero-order valence-electron chi connectivity index (χ0n) is 18.9. The Morgan fingerprint density at radius 2 is 1.03 bits per heavy atom. The molecule has 0 atom stereocenters. The van der Waals surface area contributed by atoms with Gasteiger partial charge in [0, 0.05) is 13.0 Å². The van der Waals surface area contributed by atoms with E-state index in [1.807, 2.05) is 0 Å². The summed E-state index contributed by atoms with van der Waals surface area (Å²) in [6.45, 7) is 8.06. The smallest absolute Gasteiger partial charge is 0.305 e. The predicted molar refractivity (Wildman–Crippen MR) is 127 cm³/mol. The third-order valence-corrected chi connectivity index (χ3v) is 4.90. The van der Waals surface area contributed by atoms with Crippen molar-refractivity contribution >= 4 is 28.6 Å². The van der Waals surface area contributed by atoms with Crippen molar-refractivity contribution in [1.29, 1.82) is 0 Å². The standard InChI is InChI=1S/C22H43IO7/c1-2-3-6-9-22(24)30-21-20-29-19-18-28-17-16-27-15-14-26-13-12-25-11-8-5-4-7-10-23/h2-21H2,1H3. The molecule has 0 aliphatic rings. The Balaban J connectivity index is 3.06. The Labute approximate surface area is 197 Å². The second-order valence-corrected chi connectivity index (χ2v) is 7.92. The summed E-state index contributed by atoms with van der Waals surface area (Å²) in [7, 11) is 0. The fourth-order valence-electron chi connectivity index (χ4n) is 2.44. The van der Waals surface area contributed by atoms with Gasteiger partial charge in [-0.2, -0.15) is 0 Å². The summed E-state index contributed by atoms with van der Waals surface area (Å²) in [5.74, 6) is -0.144. The maximum atomic E-state index is 11.4. The number of alkyl halides is 1. The number of carbonyl (C=O) groups excluding carboxylic acids is 1. The van der Waals surface area contributed by atoms with E-state index in [1.54, 1.807) is 0 Å². The molecule has 0 aliphatic heterocycles. The molecule has 30 heavy (non-hydrogen) atoms. The van der Waals surface area contributed by atoms with Crippen molar-refractivity contribution in [3.05, 3.63) is 0 Å². The van der Waals surface area contributed by atoms with Crippen LogP contribution in [0.25, 0.3) is 0 Å². The zero-order chi connectivity index (χ0) is 22.0. The van der Waals surface area contributed by atoms with Gasteiger partial charge in [0.1, 0.15) is 6.61 Å². The van der Waals surface area contributed by atoms with Crippen LogP contribution in [0.1, 0.15) is 58.3 Å². The first kappa shape index (κ1) is 30.0. The Bertz CT molecular complexity index is 345. The molecule has 0 saturated heterocycles. The quantitative estimate of drug-likeness (QED) is 0.0736. The van der Waals surface area contributed by atoms with Gasteiger partial charge >= 0.3 is 5.97 Å². The van der Waals surface area contributed by atoms with Crippen LogP contribution in [0, 0.1) is 0 Å². The molecule has 180 valence electrons. The van der Waals surface area contributed by atoms with Gasteiger partial charge < -0.3 is 28.4 Å². The first-order valence-electron chi connectivity index (χ1n) is 11.4. The normalized spacial score (nSPS) is 11.1. The minimum Gasteiger partial charge on any atom is -0.463 e. The average Bonchev–Trinajstić information content (AvgIpc) is 2.75. The lowest BCUT2D eigenvalue weighted by Gasteiger charge is -2.08. The average molecular weight is 546 g/mol. The maximum Gasteiger partial charge on any atom is 0.305 e. The molecule has 7 nitrogen and oxygen atoms in total. The molecule has 0 aromatic heterocycles. The summed E-state index contributed by atoms with van der Waals surface area (Å²) < 4.78 is 33.5. The van der Waals surface area contributed by atoms with Crippen LogP contribution in [0.5, 0.6) is 0 Å². The van der Waals surface area contributed by atoms with E-state index in [-0.39, 0.29) is 5.97 Å². The summed E-state index contributed by atoms with van der Waals surface area (Å²) in [4.78, 5) is 11.4. The van der Waals surface area contributed by atoms with Crippen LogP contribution in [0.2, 0.25) is 0 Å². The van der Waals surface area contributed by atoms with Crippen LogP contribution in [0.15, 0.2) is 0 Å². The second kappa shape index (κ2) is 27.0. The lowest BCUT2D eigenvalue weighted by atomic mass is 10.2. The lowest BCUT2D eigenvalue weighted by Crippen LogP contribution is -2.15. The lowest BCUT2D eigenvalue weighted by molar-refractivity contribution is -0.145. The van der Waals surface area contributed by atoms with Gasteiger partial charge in [0.15, 0.2) is 0 Å². The third-order valence-electron chi connectivity index (χ3n) is 4.14. The molecular formula is C22H43IO7.